The van der Waals surface area contributed by atoms with Gasteiger partial charge in [-0.3, -0.25) is 10.00 Å². The van der Waals surface area contributed by atoms with Crippen LogP contribution in [0.25, 0.3) is 0 Å². The topological polar surface area (TPSA) is 118 Å². The van der Waals surface area contributed by atoms with E-state index in [-0.39, 0.29) is 6.04 Å². The molecule has 2 aromatic rings. The Morgan fingerprint density at radius 1 is 1.24 bits per heavy atom. The standard InChI is InChI=1S/C24H25BrN6O2/c1-24(2,3)33-23(32)31-10-5-4-9-18(31)21-16(12-27)19(17-13-28-30-22(17)29-21)15-8-6-7-14(11-26)20(15)25/h6-8,13,18-19H,4-5,9-10H2,1-3H3,(H2,28,29,30). The summed E-state index contributed by atoms with van der Waals surface area (Å²) in [6, 6.07) is 9.69. The number of carbonyl (C=O) groups is 1. The van der Waals surface area contributed by atoms with Crippen LogP contribution in [0, 0.1) is 22.7 Å². The highest BCUT2D eigenvalue weighted by Gasteiger charge is 2.40. The Kier molecular flexibility index (Phi) is 6.18. The van der Waals surface area contributed by atoms with E-state index >= 15 is 0 Å². The number of nitriles is 2. The number of hydrogen-bond acceptors (Lipinski definition) is 6. The van der Waals surface area contributed by atoms with Gasteiger partial charge in [0.2, 0.25) is 0 Å². The van der Waals surface area contributed by atoms with E-state index in [0.29, 0.717) is 40.1 Å². The summed E-state index contributed by atoms with van der Waals surface area (Å²) in [6.07, 6.45) is 3.82. The first-order chi connectivity index (χ1) is 15.7. The number of halogens is 1. The van der Waals surface area contributed by atoms with Crippen LogP contribution >= 0.6 is 15.9 Å². The maximum absolute atomic E-state index is 13.1. The monoisotopic (exact) mass is 508 g/mol. The fourth-order valence-corrected chi connectivity index (χ4v) is 5.05. The third-order valence-corrected chi connectivity index (χ3v) is 6.75. The van der Waals surface area contributed by atoms with Crippen molar-refractivity contribution in [2.24, 2.45) is 0 Å². The Morgan fingerprint density at radius 3 is 2.73 bits per heavy atom. The van der Waals surface area contributed by atoms with Crippen molar-refractivity contribution in [1.82, 2.24) is 15.1 Å². The summed E-state index contributed by atoms with van der Waals surface area (Å²) in [7, 11) is 0. The zero-order chi connectivity index (χ0) is 23.8. The van der Waals surface area contributed by atoms with Gasteiger partial charge >= 0.3 is 6.09 Å². The molecule has 0 spiro atoms. The average molecular weight is 509 g/mol. The quantitative estimate of drug-likeness (QED) is 0.577. The maximum atomic E-state index is 13.1. The van der Waals surface area contributed by atoms with Crippen LogP contribution in [0.4, 0.5) is 10.6 Å². The third kappa shape index (κ3) is 4.34. The molecule has 2 atom stereocenters. The van der Waals surface area contributed by atoms with E-state index in [1.807, 2.05) is 32.9 Å². The highest BCUT2D eigenvalue weighted by molar-refractivity contribution is 9.10. The van der Waals surface area contributed by atoms with Gasteiger partial charge in [0.1, 0.15) is 17.5 Å². The Balaban J connectivity index is 1.84. The SMILES string of the molecule is CC(C)(C)OC(=O)N1CCCCC1C1=C(C#N)C(c2cccc(C#N)c2Br)c2cn[nH]c2N1. The van der Waals surface area contributed by atoms with E-state index in [9.17, 15) is 15.3 Å². The number of allylic oxidation sites excluding steroid dienone is 1. The minimum absolute atomic E-state index is 0.333. The molecule has 170 valence electrons. The lowest BCUT2D eigenvalue weighted by molar-refractivity contribution is 0.0138. The van der Waals surface area contributed by atoms with Crippen LogP contribution < -0.4 is 5.32 Å². The number of piperidine rings is 1. The Morgan fingerprint density at radius 2 is 2.03 bits per heavy atom. The fourth-order valence-electron chi connectivity index (χ4n) is 4.47. The number of fused-ring (bicyclic) bond motifs is 1. The number of likely N-dealkylation sites (tertiary alicyclic amines) is 1. The molecule has 4 rings (SSSR count). The summed E-state index contributed by atoms with van der Waals surface area (Å²) in [6.45, 7) is 6.08. The third-order valence-electron chi connectivity index (χ3n) is 5.86. The molecule has 9 heteroatoms. The van der Waals surface area contributed by atoms with E-state index < -0.39 is 17.6 Å². The highest BCUT2D eigenvalue weighted by Crippen LogP contribution is 2.45. The lowest BCUT2D eigenvalue weighted by Crippen LogP contribution is -2.49. The number of H-pyrrole nitrogens is 1. The van der Waals surface area contributed by atoms with Gasteiger partial charge in [0.15, 0.2) is 0 Å². The van der Waals surface area contributed by atoms with Crippen LogP contribution in [-0.2, 0) is 4.74 Å². The van der Waals surface area contributed by atoms with Gasteiger partial charge in [-0.1, -0.05) is 12.1 Å². The van der Waals surface area contributed by atoms with Crippen molar-refractivity contribution in [1.29, 1.82) is 10.5 Å². The molecule has 0 bridgehead atoms. The number of benzene rings is 1. The van der Waals surface area contributed by atoms with E-state index in [4.69, 9.17) is 4.74 Å². The van der Waals surface area contributed by atoms with Gasteiger partial charge in [-0.05, 0) is 67.6 Å². The molecule has 0 aliphatic carbocycles. The number of rotatable bonds is 2. The van der Waals surface area contributed by atoms with Crippen molar-refractivity contribution < 1.29 is 9.53 Å². The lowest BCUT2D eigenvalue weighted by atomic mass is 9.80. The van der Waals surface area contributed by atoms with Gasteiger partial charge in [0.05, 0.1) is 41.1 Å². The smallest absolute Gasteiger partial charge is 0.410 e. The number of hydrogen-bond donors (Lipinski definition) is 2. The minimum atomic E-state index is -0.618. The van der Waals surface area contributed by atoms with Crippen LogP contribution in [0.5, 0.6) is 0 Å². The second-order valence-corrected chi connectivity index (χ2v) is 10.00. The number of nitrogens with one attached hydrogen (secondary N) is 2. The van der Waals surface area contributed by atoms with Crippen LogP contribution in [0.2, 0.25) is 0 Å². The molecule has 2 unspecified atom stereocenters. The van der Waals surface area contributed by atoms with Gasteiger partial charge in [-0.25, -0.2) is 4.79 Å². The van der Waals surface area contributed by atoms with Crippen LogP contribution in [0.1, 0.15) is 62.6 Å². The Bertz CT molecular complexity index is 1200. The summed E-state index contributed by atoms with van der Waals surface area (Å²) in [5.74, 6) is 0.239. The van der Waals surface area contributed by atoms with Crippen molar-refractivity contribution in [3.63, 3.8) is 0 Å². The second kappa shape index (κ2) is 8.92. The maximum Gasteiger partial charge on any atom is 0.410 e. The summed E-state index contributed by atoms with van der Waals surface area (Å²) in [5.41, 5.74) is 2.65. The largest absolute Gasteiger partial charge is 0.444 e. The van der Waals surface area contributed by atoms with Crippen LogP contribution in [0.3, 0.4) is 0 Å². The predicted molar refractivity (Wildman–Crippen MR) is 126 cm³/mol. The van der Waals surface area contributed by atoms with E-state index in [1.165, 1.54) is 0 Å². The fraction of sp³-hybridized carbons (Fsp3) is 0.417. The van der Waals surface area contributed by atoms with Gasteiger partial charge in [-0.15, -0.1) is 0 Å². The molecule has 3 heterocycles. The molecule has 0 saturated carbocycles. The first-order valence-corrected chi connectivity index (χ1v) is 11.7. The molecule has 2 N–H and O–H groups in total. The van der Waals surface area contributed by atoms with Crippen LogP contribution in [-0.4, -0.2) is 39.4 Å². The van der Waals surface area contributed by atoms with Crippen molar-refractivity contribution in [2.45, 2.75) is 57.6 Å². The number of nitrogens with zero attached hydrogens (tertiary/aromatic N) is 4. The second-order valence-electron chi connectivity index (χ2n) is 9.20. The molecule has 2 aliphatic heterocycles. The number of aromatic nitrogens is 2. The summed E-state index contributed by atoms with van der Waals surface area (Å²) < 4.78 is 6.32. The predicted octanol–water partition coefficient (Wildman–Crippen LogP) is 5.17. The molecule has 33 heavy (non-hydrogen) atoms. The van der Waals surface area contributed by atoms with Gasteiger partial charge < -0.3 is 10.1 Å². The lowest BCUT2D eigenvalue weighted by Gasteiger charge is -2.40. The number of ether oxygens (including phenoxy) is 1. The van der Waals surface area contributed by atoms with Gasteiger partial charge in [-0.2, -0.15) is 15.6 Å². The van der Waals surface area contributed by atoms with Crippen molar-refractivity contribution in [3.05, 3.63) is 56.8 Å². The highest BCUT2D eigenvalue weighted by atomic mass is 79.9. The molecule has 1 aromatic carbocycles. The molecule has 0 radical (unpaired) electrons. The number of amides is 1. The molecule has 1 fully saturated rings. The number of anilines is 1. The minimum Gasteiger partial charge on any atom is -0.444 e. The summed E-state index contributed by atoms with van der Waals surface area (Å²) in [5, 5.41) is 30.4. The number of carbonyl (C=O) groups excluding carboxylic acids is 1. The summed E-state index contributed by atoms with van der Waals surface area (Å²) >= 11 is 3.57. The summed E-state index contributed by atoms with van der Waals surface area (Å²) in [4.78, 5) is 14.8. The molecular weight excluding hydrogens is 484 g/mol. The number of aromatic amines is 1. The zero-order valence-corrected chi connectivity index (χ0v) is 20.4. The molecular formula is C24H25BrN6O2. The van der Waals surface area contributed by atoms with Crippen molar-refractivity contribution in [2.75, 3.05) is 11.9 Å². The molecule has 1 amide bonds. The average Bonchev–Trinajstić information content (AvgIpc) is 3.25. The van der Waals surface area contributed by atoms with Crippen LogP contribution in [0.15, 0.2) is 40.1 Å². The van der Waals surface area contributed by atoms with Crippen molar-refractivity contribution >= 4 is 27.8 Å². The molecule has 8 nitrogen and oxygen atoms in total. The van der Waals surface area contributed by atoms with Gasteiger partial charge in [0.25, 0.3) is 0 Å². The van der Waals surface area contributed by atoms with E-state index in [0.717, 1.165) is 24.0 Å². The molecule has 1 saturated heterocycles. The van der Waals surface area contributed by atoms with E-state index in [2.05, 4.69) is 43.6 Å². The first-order valence-electron chi connectivity index (χ1n) is 10.9. The van der Waals surface area contributed by atoms with Gasteiger partial charge in [0, 0.05) is 16.6 Å². The Hall–Kier alpha value is -3.30. The zero-order valence-electron chi connectivity index (χ0n) is 18.8. The normalized spacial score (nSPS) is 20.4. The molecule has 1 aromatic heterocycles. The Labute approximate surface area is 201 Å². The first kappa shape index (κ1) is 22.9. The van der Waals surface area contributed by atoms with Crippen molar-refractivity contribution in [3.8, 4) is 12.1 Å². The van der Waals surface area contributed by atoms with E-state index in [1.54, 1.807) is 17.2 Å². The molecule has 2 aliphatic rings.